The second-order valence-corrected chi connectivity index (χ2v) is 3.62. The molecule has 0 aromatic rings. The van der Waals surface area contributed by atoms with E-state index >= 15 is 0 Å². The fourth-order valence-corrected chi connectivity index (χ4v) is 1.13. The maximum absolute atomic E-state index is 8.30. The molecule has 50 valence electrons. The summed E-state index contributed by atoms with van der Waals surface area (Å²) in [6.45, 7) is 2.53. The topological polar surface area (TPSA) is 49.7 Å². The molecular weight excluding hydrogens is 218 g/mol. The van der Waals surface area contributed by atoms with Crippen molar-refractivity contribution < 1.29 is 9.79 Å². The third kappa shape index (κ3) is 6.70. The Labute approximate surface area is 57.9 Å². The molecular formula is C4H11O3Sb. The van der Waals surface area contributed by atoms with Crippen molar-refractivity contribution in [1.29, 1.82) is 0 Å². The number of hydrogen-bond donors (Lipinski definition) is 2. The summed E-state index contributed by atoms with van der Waals surface area (Å²) >= 11 is -3.06. The molecule has 0 amide bonds. The number of rotatable bonds is 4. The monoisotopic (exact) mass is 228 g/mol. The summed E-state index contributed by atoms with van der Waals surface area (Å²) in [4.78, 5) is 0. The van der Waals surface area contributed by atoms with Crippen LogP contribution in [0.4, 0.5) is 0 Å². The zero-order chi connectivity index (χ0) is 6.41. The van der Waals surface area contributed by atoms with Gasteiger partial charge in [-0.1, -0.05) is 0 Å². The fourth-order valence-electron chi connectivity index (χ4n) is 0.291. The molecule has 0 spiro atoms. The Kier molecular flexibility index (Phi) is 6.34. The molecule has 0 bridgehead atoms. The first-order chi connectivity index (χ1) is 3.77. The Morgan fingerprint density at radius 2 is 2.12 bits per heavy atom. The van der Waals surface area contributed by atoms with Crippen LogP contribution in [0.1, 0.15) is 19.8 Å². The van der Waals surface area contributed by atoms with Gasteiger partial charge in [-0.25, -0.2) is 0 Å². The molecule has 0 aromatic heterocycles. The van der Waals surface area contributed by atoms with Crippen LogP contribution < -0.4 is 0 Å². The van der Waals surface area contributed by atoms with E-state index in [9.17, 15) is 0 Å². The summed E-state index contributed by atoms with van der Waals surface area (Å²) in [5.41, 5.74) is 0. The van der Waals surface area contributed by atoms with E-state index in [0.717, 1.165) is 12.8 Å². The van der Waals surface area contributed by atoms with Crippen LogP contribution >= 0.6 is 0 Å². The molecule has 0 saturated carbocycles. The summed E-state index contributed by atoms with van der Waals surface area (Å²) < 4.78 is 21.2. The van der Waals surface area contributed by atoms with Crippen LogP contribution in [-0.2, 0) is 3.02 Å². The molecule has 0 saturated heterocycles. The van der Waals surface area contributed by atoms with Crippen LogP contribution in [-0.4, -0.2) is 34.8 Å². The van der Waals surface area contributed by atoms with Crippen LogP contribution in [0.15, 0.2) is 0 Å². The molecule has 0 rings (SSSR count). The molecule has 0 aromatic carbocycles. The number of hydrogen-bond acceptors (Lipinski definition) is 3. The van der Waals surface area contributed by atoms with Gasteiger partial charge in [0.2, 0.25) is 0 Å². The van der Waals surface area contributed by atoms with Crippen molar-refractivity contribution in [3.8, 4) is 0 Å². The molecule has 0 atom stereocenters. The van der Waals surface area contributed by atoms with Crippen molar-refractivity contribution in [3.63, 3.8) is 0 Å². The molecule has 8 heavy (non-hydrogen) atoms. The van der Waals surface area contributed by atoms with Gasteiger partial charge in [0.05, 0.1) is 0 Å². The molecule has 4 heteroatoms. The average molecular weight is 229 g/mol. The van der Waals surface area contributed by atoms with E-state index in [-0.39, 0.29) is 0 Å². The predicted molar refractivity (Wildman–Crippen MR) is 31.1 cm³/mol. The van der Waals surface area contributed by atoms with E-state index < -0.39 is 21.5 Å². The van der Waals surface area contributed by atoms with Crippen LogP contribution in [0.5, 0.6) is 0 Å². The van der Waals surface area contributed by atoms with E-state index in [1.807, 2.05) is 6.92 Å². The summed E-state index contributed by atoms with van der Waals surface area (Å²) in [5.74, 6) is 0. The summed E-state index contributed by atoms with van der Waals surface area (Å²) in [5, 5.41) is 0. The van der Waals surface area contributed by atoms with Gasteiger partial charge >= 0.3 is 57.6 Å². The van der Waals surface area contributed by atoms with Crippen molar-refractivity contribution in [1.82, 2.24) is 0 Å². The Morgan fingerprint density at radius 3 is 2.50 bits per heavy atom. The molecule has 0 unspecified atom stereocenters. The Balaban J connectivity index is 2.72. The van der Waals surface area contributed by atoms with Crippen molar-refractivity contribution in [2.24, 2.45) is 0 Å². The first kappa shape index (κ1) is 8.70. The standard InChI is InChI=1S/C4H9O.2H2O.Sb/c1-2-3-4-5;;;/h2-4H2,1H3;2*1H2;/q-1;;;+3/p-2. The predicted octanol–water partition coefficient (Wildman–Crippen LogP) is -0.227. The van der Waals surface area contributed by atoms with E-state index in [2.05, 4.69) is 3.02 Å². The van der Waals surface area contributed by atoms with Crippen LogP contribution in [0.3, 0.4) is 0 Å². The molecule has 0 fully saturated rings. The molecule has 3 nitrogen and oxygen atoms in total. The summed E-state index contributed by atoms with van der Waals surface area (Å²) in [6, 6.07) is 0. The fraction of sp³-hybridized carbons (Fsp3) is 1.00. The van der Waals surface area contributed by atoms with Crippen molar-refractivity contribution in [2.45, 2.75) is 19.8 Å². The first-order valence-corrected chi connectivity index (χ1v) is 5.90. The Morgan fingerprint density at radius 1 is 1.50 bits per heavy atom. The number of unbranched alkanes of at least 4 members (excludes halogenated alkanes) is 1. The minimum absolute atomic E-state index is 0.506. The molecule has 0 heterocycles. The second kappa shape index (κ2) is 5.83. The third-order valence-electron chi connectivity index (χ3n) is 0.705. The first-order valence-electron chi connectivity index (χ1n) is 2.58. The maximum atomic E-state index is 8.30. The van der Waals surface area contributed by atoms with E-state index in [0.29, 0.717) is 6.61 Å². The quantitative estimate of drug-likeness (QED) is 0.517. The van der Waals surface area contributed by atoms with Crippen LogP contribution in [0, 0.1) is 0 Å². The molecule has 0 aliphatic carbocycles. The van der Waals surface area contributed by atoms with E-state index in [1.54, 1.807) is 0 Å². The minimum atomic E-state index is -3.06. The molecule has 0 aliphatic heterocycles. The van der Waals surface area contributed by atoms with Crippen molar-refractivity contribution in [3.05, 3.63) is 0 Å². The van der Waals surface area contributed by atoms with Crippen molar-refractivity contribution in [2.75, 3.05) is 6.61 Å². The van der Waals surface area contributed by atoms with Gasteiger partial charge in [-0.05, 0) is 0 Å². The van der Waals surface area contributed by atoms with E-state index in [1.165, 1.54) is 0 Å². The Bertz CT molecular complexity index is 48.5. The zero-order valence-corrected chi connectivity index (χ0v) is 7.42. The summed E-state index contributed by atoms with van der Waals surface area (Å²) in [7, 11) is 0. The van der Waals surface area contributed by atoms with E-state index in [4.69, 9.17) is 6.77 Å². The normalized spacial score (nSPS) is 10.5. The van der Waals surface area contributed by atoms with Gasteiger partial charge in [-0.2, -0.15) is 0 Å². The third-order valence-corrected chi connectivity index (χ3v) is 1.88. The summed E-state index contributed by atoms with van der Waals surface area (Å²) in [6.07, 6.45) is 1.95. The van der Waals surface area contributed by atoms with Crippen molar-refractivity contribution >= 4 is 21.5 Å². The molecule has 2 N–H and O–H groups in total. The zero-order valence-electron chi connectivity index (χ0n) is 4.87. The average Bonchev–Trinajstić information content (AvgIpc) is 1.66. The van der Waals surface area contributed by atoms with Crippen LogP contribution in [0.25, 0.3) is 0 Å². The van der Waals surface area contributed by atoms with Gasteiger partial charge in [0.15, 0.2) is 0 Å². The van der Waals surface area contributed by atoms with Gasteiger partial charge in [0.25, 0.3) is 0 Å². The molecule has 0 radical (unpaired) electrons. The van der Waals surface area contributed by atoms with Gasteiger partial charge in [-0.15, -0.1) is 0 Å². The molecule has 0 aliphatic rings. The second-order valence-electron chi connectivity index (χ2n) is 1.44. The SMILES string of the molecule is CCCC[O][Sb]([OH])[OH]. The van der Waals surface area contributed by atoms with Gasteiger partial charge in [0.1, 0.15) is 0 Å². The van der Waals surface area contributed by atoms with Gasteiger partial charge < -0.3 is 0 Å². The Hall–Kier alpha value is 0.698. The van der Waals surface area contributed by atoms with Gasteiger partial charge in [0, 0.05) is 0 Å². The van der Waals surface area contributed by atoms with Crippen LogP contribution in [0.2, 0.25) is 0 Å². The van der Waals surface area contributed by atoms with Gasteiger partial charge in [-0.3, -0.25) is 0 Å².